The molecule has 0 bridgehead atoms. The lowest BCUT2D eigenvalue weighted by Gasteiger charge is -2.24. The number of ether oxygens (including phenoxy) is 1. The molecule has 0 amide bonds. The minimum absolute atomic E-state index is 0.0594. The van der Waals surface area contributed by atoms with E-state index in [1.165, 1.54) is 0 Å². The predicted molar refractivity (Wildman–Crippen MR) is 73.7 cm³/mol. The van der Waals surface area contributed by atoms with Crippen LogP contribution in [0.2, 0.25) is 0 Å². The third-order valence-electron chi connectivity index (χ3n) is 2.16. The minimum Gasteiger partial charge on any atom is -0.472 e. The van der Waals surface area contributed by atoms with Gasteiger partial charge in [-0.05, 0) is 48.5 Å². The van der Waals surface area contributed by atoms with Crippen molar-refractivity contribution in [2.75, 3.05) is 0 Å². The first-order chi connectivity index (χ1) is 8.07. The van der Waals surface area contributed by atoms with Crippen molar-refractivity contribution < 1.29 is 4.74 Å². The van der Waals surface area contributed by atoms with E-state index in [0.29, 0.717) is 12.4 Å². The van der Waals surface area contributed by atoms with Gasteiger partial charge < -0.3 is 10.1 Å². The quantitative estimate of drug-likeness (QED) is 0.897. The van der Waals surface area contributed by atoms with Crippen LogP contribution in [0.5, 0.6) is 5.88 Å². The Kier molecular flexibility index (Phi) is 4.32. The highest BCUT2D eigenvalue weighted by Gasteiger charge is 2.18. The second-order valence-corrected chi connectivity index (χ2v) is 6.57. The van der Waals surface area contributed by atoms with E-state index in [9.17, 15) is 0 Å². The fraction of sp³-hybridized carbons (Fsp3) is 0.714. The van der Waals surface area contributed by atoms with Crippen LogP contribution in [0.1, 0.15) is 52.9 Å². The number of nitrogens with zero attached hydrogens (tertiary/aromatic N) is 2. The molecule has 0 spiro atoms. The van der Waals surface area contributed by atoms with Gasteiger partial charge in [0.1, 0.15) is 11.4 Å². The van der Waals surface area contributed by atoms with Crippen molar-refractivity contribution in [2.24, 2.45) is 0 Å². The molecule has 102 valence electrons. The molecule has 0 unspecified atom stereocenters. The monoisotopic (exact) mass is 251 g/mol. The van der Waals surface area contributed by atoms with Crippen molar-refractivity contribution in [3.05, 3.63) is 17.6 Å². The Bertz CT molecular complexity index is 402. The standard InChI is InChI=1S/C14H25N3O/c1-10-15-8-11(9-16-13(2,3)4)12(17-10)18-14(5,6)7/h8,16H,9H2,1-7H3. The van der Waals surface area contributed by atoms with E-state index in [1.807, 2.05) is 33.9 Å². The minimum atomic E-state index is -0.253. The SMILES string of the molecule is Cc1ncc(CNC(C)(C)C)c(OC(C)(C)C)n1. The summed E-state index contributed by atoms with van der Waals surface area (Å²) < 4.78 is 5.89. The summed E-state index contributed by atoms with van der Waals surface area (Å²) >= 11 is 0. The number of nitrogens with one attached hydrogen (secondary N) is 1. The highest BCUT2D eigenvalue weighted by Crippen LogP contribution is 2.20. The number of hydrogen-bond donors (Lipinski definition) is 1. The van der Waals surface area contributed by atoms with Gasteiger partial charge in [-0.15, -0.1) is 0 Å². The molecule has 0 atom stereocenters. The summed E-state index contributed by atoms with van der Waals surface area (Å²) in [6.45, 7) is 15.0. The van der Waals surface area contributed by atoms with Crippen molar-refractivity contribution in [3.8, 4) is 5.88 Å². The van der Waals surface area contributed by atoms with Crippen molar-refractivity contribution in [3.63, 3.8) is 0 Å². The van der Waals surface area contributed by atoms with Gasteiger partial charge in [-0.1, -0.05) is 0 Å². The van der Waals surface area contributed by atoms with Crippen LogP contribution < -0.4 is 10.1 Å². The van der Waals surface area contributed by atoms with Gasteiger partial charge in [0.05, 0.1) is 0 Å². The lowest BCUT2D eigenvalue weighted by Crippen LogP contribution is -2.35. The van der Waals surface area contributed by atoms with Gasteiger partial charge in [-0.25, -0.2) is 4.98 Å². The largest absolute Gasteiger partial charge is 0.472 e. The highest BCUT2D eigenvalue weighted by molar-refractivity contribution is 5.24. The van der Waals surface area contributed by atoms with Crippen molar-refractivity contribution in [1.29, 1.82) is 0 Å². The molecule has 0 aliphatic carbocycles. The number of rotatable bonds is 3. The molecule has 1 heterocycles. The van der Waals surface area contributed by atoms with E-state index in [0.717, 1.165) is 11.4 Å². The molecule has 1 aromatic heterocycles. The maximum Gasteiger partial charge on any atom is 0.221 e. The van der Waals surface area contributed by atoms with Gasteiger partial charge in [0.2, 0.25) is 5.88 Å². The van der Waals surface area contributed by atoms with E-state index < -0.39 is 0 Å². The highest BCUT2D eigenvalue weighted by atomic mass is 16.5. The van der Waals surface area contributed by atoms with E-state index in [4.69, 9.17) is 4.74 Å². The molecular weight excluding hydrogens is 226 g/mol. The molecule has 0 radical (unpaired) electrons. The van der Waals surface area contributed by atoms with Gasteiger partial charge in [-0.3, -0.25) is 0 Å². The lowest BCUT2D eigenvalue weighted by atomic mass is 10.1. The maximum absolute atomic E-state index is 5.89. The fourth-order valence-electron chi connectivity index (χ4n) is 1.33. The first kappa shape index (κ1) is 14.9. The van der Waals surface area contributed by atoms with Crippen LogP contribution in [-0.2, 0) is 6.54 Å². The molecule has 1 rings (SSSR count). The second kappa shape index (κ2) is 5.22. The van der Waals surface area contributed by atoms with E-state index in [1.54, 1.807) is 0 Å². The van der Waals surface area contributed by atoms with Gasteiger partial charge >= 0.3 is 0 Å². The van der Waals surface area contributed by atoms with Crippen molar-refractivity contribution in [2.45, 2.75) is 66.2 Å². The molecule has 0 aromatic carbocycles. The molecule has 18 heavy (non-hydrogen) atoms. The van der Waals surface area contributed by atoms with Crippen LogP contribution in [-0.4, -0.2) is 21.1 Å². The Morgan fingerprint density at radius 1 is 1.17 bits per heavy atom. The number of hydrogen-bond acceptors (Lipinski definition) is 4. The molecule has 0 saturated heterocycles. The Morgan fingerprint density at radius 3 is 2.28 bits per heavy atom. The molecule has 4 nitrogen and oxygen atoms in total. The summed E-state index contributed by atoms with van der Waals surface area (Å²) in [5.41, 5.74) is 0.798. The van der Waals surface area contributed by atoms with Gasteiger partial charge in [0, 0.05) is 23.8 Å². The normalized spacial score (nSPS) is 12.6. The number of aryl methyl sites for hydroxylation is 1. The smallest absolute Gasteiger partial charge is 0.221 e. The molecule has 1 N–H and O–H groups in total. The van der Waals surface area contributed by atoms with Crippen LogP contribution in [0.15, 0.2) is 6.20 Å². The molecule has 0 aliphatic rings. The molecule has 1 aromatic rings. The molecular formula is C14H25N3O. The first-order valence-electron chi connectivity index (χ1n) is 6.33. The van der Waals surface area contributed by atoms with Crippen LogP contribution in [0.4, 0.5) is 0 Å². The molecule has 4 heteroatoms. The third-order valence-corrected chi connectivity index (χ3v) is 2.16. The summed E-state index contributed by atoms with van der Waals surface area (Å²) in [4.78, 5) is 8.63. The van der Waals surface area contributed by atoms with Crippen LogP contribution in [0.25, 0.3) is 0 Å². The summed E-state index contributed by atoms with van der Waals surface area (Å²) in [5, 5.41) is 3.42. The zero-order valence-corrected chi connectivity index (χ0v) is 12.6. The second-order valence-electron chi connectivity index (χ2n) is 6.57. The molecule has 0 saturated carbocycles. The molecule has 0 fully saturated rings. The topological polar surface area (TPSA) is 47.0 Å². The van der Waals surface area contributed by atoms with E-state index in [2.05, 4.69) is 36.1 Å². The predicted octanol–water partition coefficient (Wildman–Crippen LogP) is 2.85. The van der Waals surface area contributed by atoms with Crippen LogP contribution >= 0.6 is 0 Å². The van der Waals surface area contributed by atoms with Gasteiger partial charge in [0.15, 0.2) is 0 Å². The van der Waals surface area contributed by atoms with E-state index >= 15 is 0 Å². The Hall–Kier alpha value is -1.16. The third kappa shape index (κ3) is 5.45. The maximum atomic E-state index is 5.89. The number of aromatic nitrogens is 2. The molecule has 0 aliphatic heterocycles. The van der Waals surface area contributed by atoms with Crippen molar-refractivity contribution in [1.82, 2.24) is 15.3 Å². The van der Waals surface area contributed by atoms with Crippen LogP contribution in [0, 0.1) is 6.92 Å². The average Bonchev–Trinajstić information content (AvgIpc) is 2.12. The Labute approximate surface area is 110 Å². The first-order valence-corrected chi connectivity index (χ1v) is 6.33. The summed E-state index contributed by atoms with van der Waals surface area (Å²) in [6, 6.07) is 0. The van der Waals surface area contributed by atoms with Crippen LogP contribution in [0.3, 0.4) is 0 Å². The van der Waals surface area contributed by atoms with E-state index in [-0.39, 0.29) is 11.1 Å². The summed E-state index contributed by atoms with van der Waals surface area (Å²) in [6.07, 6.45) is 1.84. The van der Waals surface area contributed by atoms with Gasteiger partial charge in [-0.2, -0.15) is 4.98 Å². The fourth-order valence-corrected chi connectivity index (χ4v) is 1.33. The zero-order chi connectivity index (χ0) is 14.0. The average molecular weight is 251 g/mol. The van der Waals surface area contributed by atoms with Gasteiger partial charge in [0.25, 0.3) is 0 Å². The zero-order valence-electron chi connectivity index (χ0n) is 12.6. The lowest BCUT2D eigenvalue weighted by molar-refractivity contribution is 0.121. The summed E-state index contributed by atoms with van der Waals surface area (Å²) in [7, 11) is 0. The van der Waals surface area contributed by atoms with Crippen molar-refractivity contribution >= 4 is 0 Å². The Morgan fingerprint density at radius 2 is 1.78 bits per heavy atom. The Balaban J connectivity index is 2.90. The summed E-state index contributed by atoms with van der Waals surface area (Å²) in [5.74, 6) is 1.40.